The number of aryl methyl sites for hydroxylation is 1. The van der Waals surface area contributed by atoms with E-state index in [0.717, 1.165) is 5.56 Å². The zero-order chi connectivity index (χ0) is 17.1. The standard InChI is InChI=1S/C18H14N4O2/c1-12-4-2-3-5-15(12)18(24)20-16-10-17(23)22(21-16)14-8-6-13(11-19)7-9-14/h2-9H,10H2,1H3,(H,20,21,24). The minimum atomic E-state index is -0.290. The molecular weight excluding hydrogens is 304 g/mol. The molecule has 3 rings (SSSR count). The van der Waals surface area contributed by atoms with Crippen LogP contribution in [0.3, 0.4) is 0 Å². The van der Waals surface area contributed by atoms with E-state index in [-0.39, 0.29) is 18.2 Å². The third kappa shape index (κ3) is 3.01. The van der Waals surface area contributed by atoms with E-state index in [0.29, 0.717) is 22.6 Å². The molecule has 0 fully saturated rings. The van der Waals surface area contributed by atoms with E-state index in [1.54, 1.807) is 36.4 Å². The SMILES string of the molecule is Cc1ccccc1C(=O)NC1=NN(c2ccc(C#N)cc2)C(=O)C1. The van der Waals surface area contributed by atoms with E-state index in [1.807, 2.05) is 25.1 Å². The van der Waals surface area contributed by atoms with Crippen molar-refractivity contribution in [2.45, 2.75) is 13.3 Å². The zero-order valence-electron chi connectivity index (χ0n) is 13.0. The molecule has 0 unspecified atom stereocenters. The molecule has 0 saturated heterocycles. The Balaban J connectivity index is 1.78. The fraction of sp³-hybridized carbons (Fsp3) is 0.111. The molecule has 0 saturated carbocycles. The first kappa shape index (κ1) is 15.4. The average molecular weight is 318 g/mol. The molecular formula is C18H14N4O2. The number of nitrogens with one attached hydrogen (secondary N) is 1. The van der Waals surface area contributed by atoms with Crippen molar-refractivity contribution in [3.63, 3.8) is 0 Å². The lowest BCUT2D eigenvalue weighted by Gasteiger charge is -2.10. The first-order valence-electron chi connectivity index (χ1n) is 7.36. The quantitative estimate of drug-likeness (QED) is 0.922. The van der Waals surface area contributed by atoms with Gasteiger partial charge in [-0.15, -0.1) is 0 Å². The molecule has 2 amide bonds. The van der Waals surface area contributed by atoms with Crippen LogP contribution in [0.4, 0.5) is 5.69 Å². The normalized spacial score (nSPS) is 13.4. The Labute approximate surface area is 139 Å². The fourth-order valence-electron chi connectivity index (χ4n) is 2.40. The Morgan fingerprint density at radius 1 is 1.21 bits per heavy atom. The Kier molecular flexibility index (Phi) is 4.08. The molecule has 0 spiro atoms. The monoisotopic (exact) mass is 318 g/mol. The summed E-state index contributed by atoms with van der Waals surface area (Å²) in [4.78, 5) is 24.4. The van der Waals surface area contributed by atoms with Gasteiger partial charge in [-0.1, -0.05) is 18.2 Å². The zero-order valence-corrected chi connectivity index (χ0v) is 13.0. The number of hydrogen-bond acceptors (Lipinski definition) is 4. The van der Waals surface area contributed by atoms with Crippen LogP contribution in [-0.2, 0) is 4.79 Å². The van der Waals surface area contributed by atoms with Crippen molar-refractivity contribution in [1.82, 2.24) is 5.32 Å². The molecule has 0 aliphatic carbocycles. The minimum absolute atomic E-state index is 0.0254. The van der Waals surface area contributed by atoms with Crippen molar-refractivity contribution in [2.24, 2.45) is 5.10 Å². The molecule has 0 atom stereocenters. The summed E-state index contributed by atoms with van der Waals surface area (Å²) in [5.41, 5.74) is 2.45. The van der Waals surface area contributed by atoms with Crippen molar-refractivity contribution >= 4 is 23.3 Å². The predicted molar refractivity (Wildman–Crippen MR) is 89.3 cm³/mol. The number of carbonyl (C=O) groups is 2. The van der Waals surface area contributed by atoms with Crippen molar-refractivity contribution < 1.29 is 9.59 Å². The van der Waals surface area contributed by atoms with Crippen LogP contribution in [0.15, 0.2) is 53.6 Å². The van der Waals surface area contributed by atoms with Crippen LogP contribution in [0.25, 0.3) is 0 Å². The van der Waals surface area contributed by atoms with Crippen LogP contribution in [0.1, 0.15) is 27.9 Å². The van der Waals surface area contributed by atoms with Gasteiger partial charge in [0.2, 0.25) is 0 Å². The van der Waals surface area contributed by atoms with E-state index < -0.39 is 0 Å². The van der Waals surface area contributed by atoms with Crippen LogP contribution in [0, 0.1) is 18.3 Å². The number of rotatable bonds is 2. The lowest BCUT2D eigenvalue weighted by Crippen LogP contribution is -2.30. The van der Waals surface area contributed by atoms with Crippen molar-refractivity contribution in [2.75, 3.05) is 5.01 Å². The van der Waals surface area contributed by atoms with Crippen LogP contribution >= 0.6 is 0 Å². The van der Waals surface area contributed by atoms with E-state index in [9.17, 15) is 9.59 Å². The van der Waals surface area contributed by atoms with E-state index in [2.05, 4.69) is 10.4 Å². The summed E-state index contributed by atoms with van der Waals surface area (Å²) in [6, 6.07) is 15.7. The lowest BCUT2D eigenvalue weighted by molar-refractivity contribution is -0.116. The lowest BCUT2D eigenvalue weighted by atomic mass is 10.1. The number of carbonyl (C=O) groups excluding carboxylic acids is 2. The molecule has 0 radical (unpaired) electrons. The molecule has 24 heavy (non-hydrogen) atoms. The molecule has 0 aromatic heterocycles. The number of nitrogens with zero attached hydrogens (tertiary/aromatic N) is 3. The Morgan fingerprint density at radius 3 is 2.58 bits per heavy atom. The van der Waals surface area contributed by atoms with E-state index >= 15 is 0 Å². The summed E-state index contributed by atoms with van der Waals surface area (Å²) in [6.07, 6.45) is 0.0254. The Hall–Kier alpha value is -3.46. The van der Waals surface area contributed by atoms with Gasteiger partial charge in [-0.3, -0.25) is 9.59 Å². The van der Waals surface area contributed by atoms with Gasteiger partial charge in [0.25, 0.3) is 11.8 Å². The van der Waals surface area contributed by atoms with Gasteiger partial charge < -0.3 is 5.32 Å². The van der Waals surface area contributed by atoms with Crippen molar-refractivity contribution in [3.05, 3.63) is 65.2 Å². The molecule has 2 aromatic carbocycles. The first-order valence-corrected chi connectivity index (χ1v) is 7.36. The largest absolute Gasteiger partial charge is 0.308 e. The predicted octanol–water partition coefficient (Wildman–Crippen LogP) is 2.35. The number of hydrazone groups is 1. The molecule has 1 aliphatic heterocycles. The maximum Gasteiger partial charge on any atom is 0.256 e. The van der Waals surface area contributed by atoms with E-state index in [1.165, 1.54) is 5.01 Å². The van der Waals surface area contributed by atoms with Crippen LogP contribution in [0.5, 0.6) is 0 Å². The van der Waals surface area contributed by atoms with E-state index in [4.69, 9.17) is 5.26 Å². The number of anilines is 1. The first-order chi connectivity index (χ1) is 11.6. The highest BCUT2D eigenvalue weighted by atomic mass is 16.2. The van der Waals surface area contributed by atoms with Gasteiger partial charge in [-0.05, 0) is 42.8 Å². The van der Waals surface area contributed by atoms with Gasteiger partial charge in [0.15, 0.2) is 0 Å². The Bertz CT molecular complexity index is 879. The summed E-state index contributed by atoms with van der Waals surface area (Å²) < 4.78 is 0. The third-order valence-electron chi connectivity index (χ3n) is 3.66. The van der Waals surface area contributed by atoms with Gasteiger partial charge in [-0.25, -0.2) is 0 Å². The second-order valence-corrected chi connectivity index (χ2v) is 5.36. The Morgan fingerprint density at radius 2 is 1.92 bits per heavy atom. The number of benzene rings is 2. The van der Waals surface area contributed by atoms with Crippen LogP contribution in [-0.4, -0.2) is 17.6 Å². The molecule has 6 heteroatoms. The maximum atomic E-state index is 12.3. The summed E-state index contributed by atoms with van der Waals surface area (Å²) in [5, 5.41) is 16.9. The molecule has 0 bridgehead atoms. The van der Waals surface area contributed by atoms with Gasteiger partial charge in [0, 0.05) is 5.56 Å². The summed E-state index contributed by atoms with van der Waals surface area (Å²) in [6.45, 7) is 1.85. The van der Waals surface area contributed by atoms with Gasteiger partial charge in [0.1, 0.15) is 5.84 Å². The fourth-order valence-corrected chi connectivity index (χ4v) is 2.40. The topological polar surface area (TPSA) is 85.6 Å². The minimum Gasteiger partial charge on any atom is -0.308 e. The second kappa shape index (κ2) is 6.34. The van der Waals surface area contributed by atoms with Gasteiger partial charge in [-0.2, -0.15) is 15.4 Å². The number of amides is 2. The smallest absolute Gasteiger partial charge is 0.256 e. The summed E-state index contributed by atoms with van der Waals surface area (Å²) in [5.74, 6) is -0.223. The number of hydrogen-bond donors (Lipinski definition) is 1. The van der Waals surface area contributed by atoms with Gasteiger partial charge in [0.05, 0.1) is 23.7 Å². The third-order valence-corrected chi connectivity index (χ3v) is 3.66. The number of amidine groups is 1. The summed E-state index contributed by atoms with van der Waals surface area (Å²) in [7, 11) is 0. The average Bonchev–Trinajstić information content (AvgIpc) is 2.95. The van der Waals surface area contributed by atoms with Gasteiger partial charge >= 0.3 is 0 Å². The molecule has 6 nitrogen and oxygen atoms in total. The molecule has 1 N–H and O–H groups in total. The highest BCUT2D eigenvalue weighted by molar-refractivity contribution is 6.18. The molecule has 1 aliphatic rings. The van der Waals surface area contributed by atoms with Crippen molar-refractivity contribution in [1.29, 1.82) is 5.26 Å². The number of nitriles is 1. The van der Waals surface area contributed by atoms with Crippen molar-refractivity contribution in [3.8, 4) is 6.07 Å². The van der Waals surface area contributed by atoms with Crippen LogP contribution < -0.4 is 10.3 Å². The highest BCUT2D eigenvalue weighted by Crippen LogP contribution is 2.20. The highest BCUT2D eigenvalue weighted by Gasteiger charge is 2.26. The molecule has 1 heterocycles. The van der Waals surface area contributed by atoms with Crippen LogP contribution in [0.2, 0.25) is 0 Å². The second-order valence-electron chi connectivity index (χ2n) is 5.36. The maximum absolute atomic E-state index is 12.3. The molecule has 2 aromatic rings. The molecule has 118 valence electrons. The summed E-state index contributed by atoms with van der Waals surface area (Å²) >= 11 is 0.